The van der Waals surface area contributed by atoms with Crippen LogP contribution in [0, 0.1) is 5.41 Å². The fourth-order valence-electron chi connectivity index (χ4n) is 3.26. The number of rotatable bonds is 6. The van der Waals surface area contributed by atoms with E-state index >= 15 is 0 Å². The number of aliphatic imine (C=N–C) groups is 1. The molecule has 5 nitrogen and oxygen atoms in total. The van der Waals surface area contributed by atoms with Crippen molar-refractivity contribution < 1.29 is 9.84 Å². The number of ether oxygens (including phenoxy) is 1. The highest BCUT2D eigenvalue weighted by atomic mass is 16.5. The number of nitrogens with zero attached hydrogens (tertiary/aromatic N) is 2. The van der Waals surface area contributed by atoms with Gasteiger partial charge in [0, 0.05) is 37.7 Å². The lowest BCUT2D eigenvalue weighted by atomic mass is 9.64. The SMILES string of the molecule is CCCCOC1CC(NC(=NCC)N2CC[C@@H](O)C2)C1(C)C. The van der Waals surface area contributed by atoms with Gasteiger partial charge in [-0.05, 0) is 26.2 Å². The number of β-amino-alcohol motifs (C(OH)–C–C–N with tert-alkyl or cyclic N) is 1. The van der Waals surface area contributed by atoms with E-state index in [-0.39, 0.29) is 11.5 Å². The summed E-state index contributed by atoms with van der Waals surface area (Å²) in [6.45, 7) is 12.0. The first-order valence-electron chi connectivity index (χ1n) is 8.84. The van der Waals surface area contributed by atoms with Gasteiger partial charge in [0.1, 0.15) is 0 Å². The van der Waals surface area contributed by atoms with Gasteiger partial charge in [0.05, 0.1) is 12.2 Å². The number of likely N-dealkylation sites (tertiary alicyclic amines) is 1. The molecule has 0 radical (unpaired) electrons. The fourth-order valence-corrected chi connectivity index (χ4v) is 3.26. The average molecular weight is 311 g/mol. The predicted molar refractivity (Wildman–Crippen MR) is 90.1 cm³/mol. The van der Waals surface area contributed by atoms with Crippen molar-refractivity contribution in [1.82, 2.24) is 10.2 Å². The first kappa shape index (κ1) is 17.5. The van der Waals surface area contributed by atoms with Crippen LogP contribution in [0.1, 0.15) is 53.4 Å². The molecule has 2 N–H and O–H groups in total. The molecule has 2 rings (SSSR count). The molecule has 3 atom stereocenters. The van der Waals surface area contributed by atoms with Crippen molar-refractivity contribution >= 4 is 5.96 Å². The van der Waals surface area contributed by atoms with Crippen molar-refractivity contribution in [1.29, 1.82) is 0 Å². The maximum atomic E-state index is 9.74. The Bertz CT molecular complexity index is 384. The van der Waals surface area contributed by atoms with Crippen LogP contribution >= 0.6 is 0 Å². The molecule has 0 bridgehead atoms. The molecule has 0 aromatic carbocycles. The molecule has 0 aromatic heterocycles. The summed E-state index contributed by atoms with van der Waals surface area (Å²) in [5, 5.41) is 13.4. The zero-order valence-corrected chi connectivity index (χ0v) is 14.6. The minimum absolute atomic E-state index is 0.126. The lowest BCUT2D eigenvalue weighted by molar-refractivity contribution is -0.114. The molecule has 1 aliphatic heterocycles. The van der Waals surface area contributed by atoms with E-state index in [0.29, 0.717) is 18.7 Å². The van der Waals surface area contributed by atoms with Crippen LogP contribution in [0.2, 0.25) is 0 Å². The van der Waals surface area contributed by atoms with Gasteiger partial charge < -0.3 is 20.1 Å². The van der Waals surface area contributed by atoms with Crippen LogP contribution in [0.3, 0.4) is 0 Å². The van der Waals surface area contributed by atoms with E-state index in [2.05, 4.69) is 42.9 Å². The van der Waals surface area contributed by atoms with Gasteiger partial charge in [-0.1, -0.05) is 27.2 Å². The Morgan fingerprint density at radius 3 is 2.73 bits per heavy atom. The summed E-state index contributed by atoms with van der Waals surface area (Å²) in [4.78, 5) is 6.78. The van der Waals surface area contributed by atoms with Crippen LogP contribution in [0.5, 0.6) is 0 Å². The summed E-state index contributed by atoms with van der Waals surface area (Å²) in [7, 11) is 0. The first-order chi connectivity index (χ1) is 10.5. The summed E-state index contributed by atoms with van der Waals surface area (Å²) in [5.74, 6) is 0.948. The van der Waals surface area contributed by atoms with Gasteiger partial charge in [0.25, 0.3) is 0 Å². The molecule has 0 spiro atoms. The summed E-state index contributed by atoms with van der Waals surface area (Å²) in [5.41, 5.74) is 0.126. The third-order valence-electron chi connectivity index (χ3n) is 5.07. The Kier molecular flexibility index (Phi) is 6.09. The summed E-state index contributed by atoms with van der Waals surface area (Å²) < 4.78 is 6.01. The van der Waals surface area contributed by atoms with E-state index in [1.807, 2.05) is 0 Å². The molecule has 5 heteroatoms. The maximum Gasteiger partial charge on any atom is 0.194 e. The van der Waals surface area contributed by atoms with Crippen molar-refractivity contribution in [2.24, 2.45) is 10.4 Å². The first-order valence-corrected chi connectivity index (χ1v) is 8.84. The average Bonchev–Trinajstić information content (AvgIpc) is 2.91. The molecule has 1 aliphatic carbocycles. The van der Waals surface area contributed by atoms with Crippen molar-refractivity contribution in [3.63, 3.8) is 0 Å². The lowest BCUT2D eigenvalue weighted by Gasteiger charge is -2.52. The Morgan fingerprint density at radius 1 is 1.41 bits per heavy atom. The summed E-state index contributed by atoms with van der Waals surface area (Å²) in [6, 6.07) is 0.391. The van der Waals surface area contributed by atoms with Crippen LogP contribution in [0.15, 0.2) is 4.99 Å². The number of hydrogen-bond donors (Lipinski definition) is 2. The van der Waals surface area contributed by atoms with Gasteiger partial charge in [0.15, 0.2) is 5.96 Å². The summed E-state index contributed by atoms with van der Waals surface area (Å²) in [6.07, 6.45) is 4.31. The zero-order valence-electron chi connectivity index (χ0n) is 14.6. The van der Waals surface area contributed by atoms with Gasteiger partial charge >= 0.3 is 0 Å². The number of aliphatic hydroxyl groups is 1. The van der Waals surface area contributed by atoms with Crippen molar-refractivity contribution in [2.75, 3.05) is 26.2 Å². The topological polar surface area (TPSA) is 57.1 Å². The minimum atomic E-state index is -0.219. The molecule has 1 saturated heterocycles. The van der Waals surface area contributed by atoms with E-state index in [0.717, 1.165) is 44.9 Å². The Morgan fingerprint density at radius 2 is 2.18 bits per heavy atom. The number of aliphatic hydroxyl groups excluding tert-OH is 1. The molecule has 22 heavy (non-hydrogen) atoms. The molecule has 2 unspecified atom stereocenters. The van der Waals surface area contributed by atoms with Crippen LogP contribution < -0.4 is 5.32 Å². The Balaban J connectivity index is 1.88. The standard InChI is InChI=1S/C17H33N3O2/c1-5-7-10-22-15-11-14(17(15,3)4)19-16(18-6-2)20-9-8-13(21)12-20/h13-15,21H,5-12H2,1-4H3,(H,18,19)/t13-,14?,15?/m1/s1. The van der Waals surface area contributed by atoms with E-state index in [9.17, 15) is 5.11 Å². The lowest BCUT2D eigenvalue weighted by Crippen LogP contribution is -2.63. The van der Waals surface area contributed by atoms with E-state index < -0.39 is 0 Å². The third-order valence-corrected chi connectivity index (χ3v) is 5.07. The second-order valence-corrected chi connectivity index (χ2v) is 7.15. The number of nitrogens with one attached hydrogen (secondary N) is 1. The second kappa shape index (κ2) is 7.64. The molecule has 128 valence electrons. The quantitative estimate of drug-likeness (QED) is 0.447. The second-order valence-electron chi connectivity index (χ2n) is 7.15. The molecule has 0 amide bonds. The summed E-state index contributed by atoms with van der Waals surface area (Å²) >= 11 is 0. The Hall–Kier alpha value is -0.810. The normalized spacial score (nSPS) is 31.2. The van der Waals surface area contributed by atoms with E-state index in [1.165, 1.54) is 6.42 Å². The monoisotopic (exact) mass is 311 g/mol. The van der Waals surface area contributed by atoms with Gasteiger partial charge in [-0.2, -0.15) is 0 Å². The van der Waals surface area contributed by atoms with Crippen LogP contribution in [0.4, 0.5) is 0 Å². The number of unbranched alkanes of at least 4 members (excludes halogenated alkanes) is 1. The predicted octanol–water partition coefficient (Wildman–Crippen LogP) is 2.00. The molecule has 2 aliphatic rings. The minimum Gasteiger partial charge on any atom is -0.391 e. The van der Waals surface area contributed by atoms with Gasteiger partial charge in [-0.15, -0.1) is 0 Å². The molecular formula is C17H33N3O2. The van der Waals surface area contributed by atoms with Gasteiger partial charge in [0.2, 0.25) is 0 Å². The van der Waals surface area contributed by atoms with Crippen LogP contribution in [-0.4, -0.2) is 60.5 Å². The maximum absolute atomic E-state index is 9.74. The van der Waals surface area contributed by atoms with Crippen molar-refractivity contribution in [2.45, 2.75) is 71.6 Å². The van der Waals surface area contributed by atoms with E-state index in [4.69, 9.17) is 4.74 Å². The molecular weight excluding hydrogens is 278 g/mol. The molecule has 1 saturated carbocycles. The van der Waals surface area contributed by atoms with Gasteiger partial charge in [-0.25, -0.2) is 0 Å². The molecule has 0 aromatic rings. The molecule has 2 fully saturated rings. The zero-order chi connectivity index (χ0) is 16.2. The van der Waals surface area contributed by atoms with E-state index in [1.54, 1.807) is 0 Å². The Labute approximate surface area is 135 Å². The highest BCUT2D eigenvalue weighted by Crippen LogP contribution is 2.43. The van der Waals surface area contributed by atoms with Gasteiger partial charge in [-0.3, -0.25) is 4.99 Å². The van der Waals surface area contributed by atoms with Crippen LogP contribution in [0.25, 0.3) is 0 Å². The van der Waals surface area contributed by atoms with Crippen molar-refractivity contribution in [3.05, 3.63) is 0 Å². The largest absolute Gasteiger partial charge is 0.391 e. The highest BCUT2D eigenvalue weighted by Gasteiger charge is 2.49. The number of hydrogen-bond acceptors (Lipinski definition) is 3. The van der Waals surface area contributed by atoms with Crippen LogP contribution in [-0.2, 0) is 4.74 Å². The van der Waals surface area contributed by atoms with Crippen molar-refractivity contribution in [3.8, 4) is 0 Å². The molecule has 1 heterocycles. The highest BCUT2D eigenvalue weighted by molar-refractivity contribution is 5.81. The third kappa shape index (κ3) is 3.93. The number of guanidine groups is 1. The smallest absolute Gasteiger partial charge is 0.194 e. The fraction of sp³-hybridized carbons (Fsp3) is 0.941.